The Hall–Kier alpha value is -0.990. The molecule has 0 aromatic carbocycles. The van der Waals surface area contributed by atoms with E-state index in [1.165, 1.54) is 109 Å². The molecule has 0 rings (SSSR count). The molecule has 0 saturated heterocycles. The fourth-order valence-corrected chi connectivity index (χ4v) is 5.83. The minimum atomic E-state index is -4.59. The van der Waals surface area contributed by atoms with Crippen molar-refractivity contribution >= 4 is 19.8 Å². The molecule has 9 nitrogen and oxygen atoms in total. The number of phosphoric ester groups is 1. The van der Waals surface area contributed by atoms with Crippen LogP contribution in [0.1, 0.15) is 168 Å². The van der Waals surface area contributed by atoms with Crippen LogP contribution in [0.3, 0.4) is 0 Å². The van der Waals surface area contributed by atoms with Gasteiger partial charge in [0.05, 0.1) is 27.7 Å². The number of esters is 2. The second kappa shape index (κ2) is 30.1. The van der Waals surface area contributed by atoms with E-state index in [1.54, 1.807) is 0 Å². The molecule has 0 radical (unpaired) electrons. The zero-order valence-corrected chi connectivity index (χ0v) is 31.4. The van der Waals surface area contributed by atoms with E-state index in [-0.39, 0.29) is 26.1 Å². The SMILES string of the molecule is CCCCCCCCCCCCCCCCCCCCCCC(=O)OC(COC(=O)CCCC)COP(=O)([O-])OCC[N+](C)(C)C. The Morgan fingerprint density at radius 2 is 1.00 bits per heavy atom. The van der Waals surface area contributed by atoms with E-state index < -0.39 is 32.5 Å². The fourth-order valence-electron chi connectivity index (χ4n) is 5.10. The normalized spacial score (nSPS) is 13.8. The summed E-state index contributed by atoms with van der Waals surface area (Å²) in [4.78, 5) is 36.6. The van der Waals surface area contributed by atoms with Crippen molar-refractivity contribution in [3.63, 3.8) is 0 Å². The molecule has 2 unspecified atom stereocenters. The summed E-state index contributed by atoms with van der Waals surface area (Å²) >= 11 is 0. The quantitative estimate of drug-likeness (QED) is 0.0287. The number of rotatable bonds is 34. The van der Waals surface area contributed by atoms with Crippen LogP contribution < -0.4 is 4.89 Å². The highest BCUT2D eigenvalue weighted by Gasteiger charge is 2.21. The van der Waals surface area contributed by atoms with Crippen molar-refractivity contribution < 1.29 is 42.1 Å². The smallest absolute Gasteiger partial charge is 0.306 e. The highest BCUT2D eigenvalue weighted by Crippen LogP contribution is 2.38. The Bertz CT molecular complexity index is 774. The largest absolute Gasteiger partial charge is 0.756 e. The summed E-state index contributed by atoms with van der Waals surface area (Å²) in [5, 5.41) is 0. The van der Waals surface area contributed by atoms with E-state index in [9.17, 15) is 19.0 Å². The molecule has 0 N–H and O–H groups in total. The Morgan fingerprint density at radius 1 is 0.587 bits per heavy atom. The molecular weight excluding hydrogens is 605 g/mol. The van der Waals surface area contributed by atoms with E-state index in [2.05, 4.69) is 6.92 Å². The van der Waals surface area contributed by atoms with Gasteiger partial charge in [-0.05, 0) is 12.8 Å². The first-order valence-corrected chi connectivity index (χ1v) is 20.2. The maximum atomic E-state index is 12.5. The van der Waals surface area contributed by atoms with Crippen molar-refractivity contribution in [2.45, 2.75) is 174 Å². The van der Waals surface area contributed by atoms with E-state index in [0.29, 0.717) is 23.9 Å². The number of hydrogen-bond acceptors (Lipinski definition) is 8. The van der Waals surface area contributed by atoms with Gasteiger partial charge in [-0.1, -0.05) is 142 Å². The lowest BCUT2D eigenvalue weighted by atomic mass is 10.0. The molecule has 46 heavy (non-hydrogen) atoms. The van der Waals surface area contributed by atoms with Gasteiger partial charge in [-0.15, -0.1) is 0 Å². The summed E-state index contributed by atoms with van der Waals surface area (Å²) in [7, 11) is 1.17. The average Bonchev–Trinajstić information content (AvgIpc) is 2.99. The summed E-state index contributed by atoms with van der Waals surface area (Å²) in [5.41, 5.74) is 0. The lowest BCUT2D eigenvalue weighted by molar-refractivity contribution is -0.870. The van der Waals surface area contributed by atoms with Gasteiger partial charge < -0.3 is 27.9 Å². The van der Waals surface area contributed by atoms with Crippen molar-refractivity contribution in [3.8, 4) is 0 Å². The molecule has 0 bridgehead atoms. The monoisotopic (exact) mass is 677 g/mol. The Morgan fingerprint density at radius 3 is 1.43 bits per heavy atom. The van der Waals surface area contributed by atoms with Crippen molar-refractivity contribution in [3.05, 3.63) is 0 Å². The molecule has 0 fully saturated rings. The molecule has 0 aromatic rings. The number of quaternary nitrogens is 1. The lowest BCUT2D eigenvalue weighted by Gasteiger charge is -2.28. The summed E-state index contributed by atoms with van der Waals surface area (Å²) in [6.07, 6.45) is 26.8. The minimum Gasteiger partial charge on any atom is -0.756 e. The maximum Gasteiger partial charge on any atom is 0.306 e. The van der Waals surface area contributed by atoms with Gasteiger partial charge in [0.2, 0.25) is 0 Å². The van der Waals surface area contributed by atoms with Gasteiger partial charge >= 0.3 is 11.9 Å². The first-order chi connectivity index (χ1) is 22.0. The standard InChI is InChI=1S/C36H72NO8P/c1-6-8-10-11-12-13-14-15-16-17-18-19-20-21-22-23-24-25-26-27-29-36(39)45-34(32-42-35(38)28-9-7-2)33-44-46(40,41)43-31-30-37(3,4)5/h34H,6-33H2,1-5H3. The number of carbonyl (C=O) groups is 2. The molecule has 0 heterocycles. The summed E-state index contributed by atoms with van der Waals surface area (Å²) in [6, 6.07) is 0. The van der Waals surface area contributed by atoms with E-state index in [0.717, 1.165) is 19.3 Å². The molecule has 0 aliphatic carbocycles. The van der Waals surface area contributed by atoms with Gasteiger partial charge in [0, 0.05) is 12.8 Å². The summed E-state index contributed by atoms with van der Waals surface area (Å²) in [6.45, 7) is 3.97. The molecule has 0 aliphatic rings. The summed E-state index contributed by atoms with van der Waals surface area (Å²) < 4.78 is 33.3. The Balaban J connectivity index is 4.01. The van der Waals surface area contributed by atoms with E-state index >= 15 is 0 Å². The van der Waals surface area contributed by atoms with Crippen LogP contribution in [0.2, 0.25) is 0 Å². The number of carbonyl (C=O) groups excluding carboxylic acids is 2. The van der Waals surface area contributed by atoms with Crippen LogP contribution >= 0.6 is 7.82 Å². The Kier molecular flexibility index (Phi) is 29.4. The van der Waals surface area contributed by atoms with Gasteiger partial charge in [0.15, 0.2) is 6.10 Å². The van der Waals surface area contributed by atoms with Crippen LogP contribution in [0.15, 0.2) is 0 Å². The number of likely N-dealkylation sites (N-methyl/N-ethyl adjacent to an activating group) is 1. The molecule has 0 aromatic heterocycles. The van der Waals surface area contributed by atoms with E-state index in [4.69, 9.17) is 18.5 Å². The van der Waals surface area contributed by atoms with Crippen LogP contribution in [0.5, 0.6) is 0 Å². The molecule has 0 amide bonds. The second-order valence-electron chi connectivity index (χ2n) is 14.0. The van der Waals surface area contributed by atoms with Gasteiger partial charge in [-0.3, -0.25) is 14.2 Å². The van der Waals surface area contributed by atoms with Crippen molar-refractivity contribution in [1.82, 2.24) is 0 Å². The molecular formula is C36H72NO8P. The predicted molar refractivity (Wildman–Crippen MR) is 185 cm³/mol. The Labute approximate surface area is 283 Å². The van der Waals surface area contributed by atoms with Gasteiger partial charge in [-0.2, -0.15) is 0 Å². The second-order valence-corrected chi connectivity index (χ2v) is 15.4. The molecule has 0 spiro atoms. The zero-order chi connectivity index (χ0) is 34.4. The van der Waals surface area contributed by atoms with Gasteiger partial charge in [-0.25, -0.2) is 0 Å². The van der Waals surface area contributed by atoms with Crippen LogP contribution in [0.4, 0.5) is 0 Å². The third-order valence-electron chi connectivity index (χ3n) is 8.13. The van der Waals surface area contributed by atoms with Crippen molar-refractivity contribution in [1.29, 1.82) is 0 Å². The fraction of sp³-hybridized carbons (Fsp3) is 0.944. The highest BCUT2D eigenvalue weighted by molar-refractivity contribution is 7.45. The molecule has 0 aliphatic heterocycles. The average molecular weight is 678 g/mol. The number of phosphoric acid groups is 1. The van der Waals surface area contributed by atoms with Crippen LogP contribution in [0, 0.1) is 0 Å². The molecule has 0 saturated carbocycles. The van der Waals surface area contributed by atoms with Crippen molar-refractivity contribution in [2.75, 3.05) is 47.5 Å². The topological polar surface area (TPSA) is 111 Å². The first-order valence-electron chi connectivity index (χ1n) is 18.7. The van der Waals surface area contributed by atoms with E-state index in [1.807, 2.05) is 28.1 Å². The number of hydrogen-bond donors (Lipinski definition) is 0. The predicted octanol–water partition coefficient (Wildman–Crippen LogP) is 9.05. The first kappa shape index (κ1) is 45.0. The van der Waals surface area contributed by atoms with Crippen molar-refractivity contribution in [2.24, 2.45) is 0 Å². The van der Waals surface area contributed by atoms with Crippen LogP contribution in [-0.2, 0) is 32.7 Å². The third kappa shape index (κ3) is 32.9. The van der Waals surface area contributed by atoms with Gasteiger partial charge in [0.25, 0.3) is 7.82 Å². The van der Waals surface area contributed by atoms with Crippen LogP contribution in [-0.4, -0.2) is 70.0 Å². The summed E-state index contributed by atoms with van der Waals surface area (Å²) in [5.74, 6) is -0.867. The highest BCUT2D eigenvalue weighted by atomic mass is 31.2. The minimum absolute atomic E-state index is 0.0276. The molecule has 2 atom stereocenters. The number of unbranched alkanes of at least 4 members (excludes halogenated alkanes) is 20. The lowest BCUT2D eigenvalue weighted by Crippen LogP contribution is -2.37. The number of ether oxygens (including phenoxy) is 2. The number of nitrogens with zero attached hydrogens (tertiary/aromatic N) is 1. The third-order valence-corrected chi connectivity index (χ3v) is 9.09. The van der Waals surface area contributed by atoms with Gasteiger partial charge in [0.1, 0.15) is 19.8 Å². The van der Waals surface area contributed by atoms with Crippen LogP contribution in [0.25, 0.3) is 0 Å². The molecule has 10 heteroatoms. The molecule has 274 valence electrons. The maximum absolute atomic E-state index is 12.5. The zero-order valence-electron chi connectivity index (χ0n) is 30.5.